The number of benzene rings is 1. The molecule has 0 amide bonds. The van der Waals surface area contributed by atoms with Crippen LogP contribution in [0.5, 0.6) is 0 Å². The molecule has 0 saturated heterocycles. The van der Waals surface area contributed by atoms with Crippen molar-refractivity contribution >= 4 is 27.4 Å². The Balaban J connectivity index is 1.37. The maximum absolute atomic E-state index is 4.68. The molecule has 188 valence electrons. The van der Waals surface area contributed by atoms with E-state index in [-0.39, 0.29) is 0 Å². The van der Waals surface area contributed by atoms with E-state index in [1.165, 1.54) is 19.3 Å². The van der Waals surface area contributed by atoms with Crippen molar-refractivity contribution in [3.63, 3.8) is 0 Å². The van der Waals surface area contributed by atoms with Gasteiger partial charge in [-0.05, 0) is 84.9 Å². The topological polar surface area (TPSA) is 82.3 Å². The van der Waals surface area contributed by atoms with Gasteiger partial charge in [0, 0.05) is 46.3 Å². The van der Waals surface area contributed by atoms with Crippen molar-refractivity contribution in [2.24, 2.45) is 5.92 Å². The van der Waals surface area contributed by atoms with Crippen molar-refractivity contribution in [1.82, 2.24) is 30.5 Å². The molecule has 6 nitrogen and oxygen atoms in total. The van der Waals surface area contributed by atoms with Gasteiger partial charge in [-0.2, -0.15) is 5.10 Å². The minimum atomic E-state index is 0.558. The Kier molecular flexibility index (Phi) is 6.22. The highest BCUT2D eigenvalue weighted by molar-refractivity contribution is 6.01. The van der Waals surface area contributed by atoms with Crippen LogP contribution in [0.4, 0.5) is 0 Å². The summed E-state index contributed by atoms with van der Waals surface area (Å²) < 4.78 is 0. The number of aromatic amines is 2. The number of fused-ring (bicyclic) bond motifs is 2. The summed E-state index contributed by atoms with van der Waals surface area (Å²) in [6.45, 7) is 10.3. The quantitative estimate of drug-likeness (QED) is 0.193. The van der Waals surface area contributed by atoms with Gasteiger partial charge < -0.3 is 10.3 Å². The first-order valence-corrected chi connectivity index (χ1v) is 13.0. The molecule has 4 aromatic heterocycles. The molecule has 1 aromatic carbocycles. The normalized spacial score (nSPS) is 14.6. The highest BCUT2D eigenvalue weighted by Crippen LogP contribution is 2.35. The van der Waals surface area contributed by atoms with Crippen molar-refractivity contribution in [2.75, 3.05) is 0 Å². The zero-order valence-electron chi connectivity index (χ0n) is 21.5. The number of nitrogens with one attached hydrogen (secondary N) is 3. The Morgan fingerprint density at radius 2 is 1.87 bits per heavy atom. The molecule has 0 aliphatic heterocycles. The van der Waals surface area contributed by atoms with Crippen molar-refractivity contribution in [2.45, 2.75) is 26.2 Å². The molecule has 1 saturated carbocycles. The first-order chi connectivity index (χ1) is 18.6. The van der Waals surface area contributed by atoms with Crippen molar-refractivity contribution < 1.29 is 0 Å². The molecule has 6 heteroatoms. The second-order valence-corrected chi connectivity index (χ2v) is 9.73. The maximum Gasteiger partial charge on any atom is 0.116 e. The molecule has 38 heavy (non-hydrogen) atoms. The summed E-state index contributed by atoms with van der Waals surface area (Å²) in [5.41, 5.74) is 10.1. The molecule has 4 heterocycles. The van der Waals surface area contributed by atoms with Crippen LogP contribution in [0.2, 0.25) is 0 Å². The molecular formula is C32H30N6. The molecule has 1 aliphatic rings. The lowest BCUT2D eigenvalue weighted by molar-refractivity contribution is 0.356. The van der Waals surface area contributed by atoms with Gasteiger partial charge in [-0.25, -0.2) is 0 Å². The fraction of sp³-hybridized carbons (Fsp3) is 0.156. The van der Waals surface area contributed by atoms with Crippen molar-refractivity contribution in [1.29, 1.82) is 0 Å². The largest absolute Gasteiger partial charge is 0.359 e. The highest BCUT2D eigenvalue weighted by Gasteiger charge is 2.20. The average molecular weight is 499 g/mol. The fourth-order valence-corrected chi connectivity index (χ4v) is 5.03. The number of nitrogens with zero attached hydrogens (tertiary/aromatic N) is 3. The molecule has 1 aliphatic carbocycles. The van der Waals surface area contributed by atoms with Gasteiger partial charge in [-0.3, -0.25) is 15.1 Å². The Morgan fingerprint density at radius 1 is 1.03 bits per heavy atom. The lowest BCUT2D eigenvalue weighted by atomic mass is 9.83. The van der Waals surface area contributed by atoms with Crippen LogP contribution in [-0.4, -0.2) is 25.1 Å². The first kappa shape index (κ1) is 23.7. The predicted molar refractivity (Wildman–Crippen MR) is 156 cm³/mol. The summed E-state index contributed by atoms with van der Waals surface area (Å²) in [6.07, 6.45) is 17.2. The summed E-state index contributed by atoms with van der Waals surface area (Å²) >= 11 is 0. The zero-order chi connectivity index (χ0) is 26.1. The molecule has 0 radical (unpaired) electrons. The minimum Gasteiger partial charge on any atom is -0.359 e. The van der Waals surface area contributed by atoms with E-state index in [1.54, 1.807) is 12.4 Å². The monoisotopic (exact) mass is 498 g/mol. The Hall–Kier alpha value is -4.71. The molecule has 0 bridgehead atoms. The lowest BCUT2D eigenvalue weighted by Crippen LogP contribution is -2.23. The first-order valence-electron chi connectivity index (χ1n) is 13.0. The van der Waals surface area contributed by atoms with Crippen LogP contribution in [0.15, 0.2) is 104 Å². The summed E-state index contributed by atoms with van der Waals surface area (Å²) in [7, 11) is 0. The molecule has 0 unspecified atom stereocenters. The van der Waals surface area contributed by atoms with Gasteiger partial charge in [0.05, 0.1) is 22.9 Å². The SMILES string of the molecule is C=C/C(=C\C(=C/C)c1ccc2[nH]nc(-c3cc4c(-c5ccncc5)cncc4[nH]3)c2c1)NC(=C)C1CCC1. The summed E-state index contributed by atoms with van der Waals surface area (Å²) in [4.78, 5) is 12.1. The number of allylic oxidation sites excluding steroid dienone is 5. The van der Waals surface area contributed by atoms with Crippen LogP contribution in [0.3, 0.4) is 0 Å². The fourth-order valence-electron chi connectivity index (χ4n) is 5.03. The van der Waals surface area contributed by atoms with E-state index >= 15 is 0 Å². The molecule has 3 N–H and O–H groups in total. The number of hydrogen-bond donors (Lipinski definition) is 3. The zero-order valence-corrected chi connectivity index (χ0v) is 21.5. The third-order valence-electron chi connectivity index (χ3n) is 7.43. The number of aromatic nitrogens is 5. The van der Waals surface area contributed by atoms with Gasteiger partial charge in [0.25, 0.3) is 0 Å². The standard InChI is InChI=1S/C32H30N6/c1-4-21(15-25(5-2)35-20(3)22-7-6-8-22)24-9-10-29-27(16-24)32(38-37-29)30-17-26-28(18-34-19-31(26)36-30)23-11-13-33-14-12-23/h4-5,9-19,22,35-36H,2-3,6-8H2,1H3,(H,37,38)/b21-4+,25-15+. The van der Waals surface area contributed by atoms with Gasteiger partial charge in [-0.15, -0.1) is 0 Å². The van der Waals surface area contributed by atoms with E-state index in [4.69, 9.17) is 0 Å². The summed E-state index contributed by atoms with van der Waals surface area (Å²) in [5, 5.41) is 13.5. The molecule has 0 spiro atoms. The van der Waals surface area contributed by atoms with Crippen LogP contribution in [0.1, 0.15) is 31.7 Å². The summed E-state index contributed by atoms with van der Waals surface area (Å²) in [6, 6.07) is 12.5. The van der Waals surface area contributed by atoms with E-state index in [9.17, 15) is 0 Å². The highest BCUT2D eigenvalue weighted by atomic mass is 15.1. The van der Waals surface area contributed by atoms with E-state index in [1.807, 2.05) is 30.6 Å². The number of hydrogen-bond acceptors (Lipinski definition) is 4. The van der Waals surface area contributed by atoms with Gasteiger partial charge in [0.15, 0.2) is 0 Å². The third-order valence-corrected chi connectivity index (χ3v) is 7.43. The van der Waals surface area contributed by atoms with Gasteiger partial charge in [0.2, 0.25) is 0 Å². The smallest absolute Gasteiger partial charge is 0.116 e. The Labute approximate surface area is 221 Å². The van der Waals surface area contributed by atoms with Gasteiger partial charge >= 0.3 is 0 Å². The van der Waals surface area contributed by atoms with E-state index < -0.39 is 0 Å². The van der Waals surface area contributed by atoms with Crippen LogP contribution >= 0.6 is 0 Å². The van der Waals surface area contributed by atoms with Crippen molar-refractivity contribution in [3.05, 3.63) is 110 Å². The van der Waals surface area contributed by atoms with E-state index in [2.05, 4.69) is 87.0 Å². The lowest BCUT2D eigenvalue weighted by Gasteiger charge is -2.28. The molecule has 1 fully saturated rings. The van der Waals surface area contributed by atoms with Crippen molar-refractivity contribution in [3.8, 4) is 22.5 Å². The summed E-state index contributed by atoms with van der Waals surface area (Å²) in [5.74, 6) is 0.558. The number of pyridine rings is 2. The average Bonchev–Trinajstić information content (AvgIpc) is 3.54. The molecular weight excluding hydrogens is 468 g/mol. The van der Waals surface area contributed by atoms with Gasteiger partial charge in [-0.1, -0.05) is 31.7 Å². The van der Waals surface area contributed by atoms with Crippen LogP contribution < -0.4 is 5.32 Å². The van der Waals surface area contributed by atoms with Crippen LogP contribution in [0.25, 0.3) is 49.9 Å². The van der Waals surface area contributed by atoms with Crippen LogP contribution in [0, 0.1) is 5.92 Å². The molecule has 5 aromatic rings. The van der Waals surface area contributed by atoms with E-state index in [0.717, 1.165) is 66.9 Å². The van der Waals surface area contributed by atoms with E-state index in [0.29, 0.717) is 5.92 Å². The van der Waals surface area contributed by atoms with Crippen LogP contribution in [-0.2, 0) is 0 Å². The maximum atomic E-state index is 4.68. The number of rotatable bonds is 8. The third kappa shape index (κ3) is 4.34. The van der Waals surface area contributed by atoms with Gasteiger partial charge in [0.1, 0.15) is 5.69 Å². The molecule has 6 rings (SSSR count). The Bertz CT molecular complexity index is 1710. The second kappa shape index (κ2) is 9.98. The second-order valence-electron chi connectivity index (χ2n) is 9.73. The Morgan fingerprint density at radius 3 is 2.61 bits per heavy atom. The number of H-pyrrole nitrogens is 2. The predicted octanol–water partition coefficient (Wildman–Crippen LogP) is 7.54. The minimum absolute atomic E-state index is 0.558. The molecule has 0 atom stereocenters.